The Morgan fingerprint density at radius 3 is 2.69 bits per heavy atom. The fraction of sp³-hybridized carbons (Fsp3) is 0.167. The maximum absolute atomic E-state index is 12.6. The fourth-order valence-corrected chi connectivity index (χ4v) is 4.07. The first-order chi connectivity index (χ1) is 12.6. The quantitative estimate of drug-likeness (QED) is 0.609. The number of benzene rings is 1. The topological polar surface area (TPSA) is 68.3 Å². The summed E-state index contributed by atoms with van der Waals surface area (Å²) in [4.78, 5) is 30.2. The van der Waals surface area contributed by atoms with Gasteiger partial charge in [-0.2, -0.15) is 0 Å². The Morgan fingerprint density at radius 1 is 1.27 bits per heavy atom. The number of hydrogen-bond acceptors (Lipinski definition) is 6. The van der Waals surface area contributed by atoms with E-state index in [-0.39, 0.29) is 12.3 Å². The van der Waals surface area contributed by atoms with Gasteiger partial charge in [0.25, 0.3) is 5.91 Å². The molecule has 0 radical (unpaired) electrons. The summed E-state index contributed by atoms with van der Waals surface area (Å²) in [6, 6.07) is 10.4. The summed E-state index contributed by atoms with van der Waals surface area (Å²) in [5.41, 5.74) is 0.774. The highest BCUT2D eigenvalue weighted by atomic mass is 35.5. The van der Waals surface area contributed by atoms with Gasteiger partial charge in [0.2, 0.25) is 0 Å². The number of ether oxygens (including phenoxy) is 1. The summed E-state index contributed by atoms with van der Waals surface area (Å²) in [6.45, 7) is 0. The van der Waals surface area contributed by atoms with Gasteiger partial charge in [-0.15, -0.1) is 22.7 Å². The molecule has 0 aliphatic heterocycles. The van der Waals surface area contributed by atoms with Gasteiger partial charge in [0.05, 0.1) is 30.6 Å². The summed E-state index contributed by atoms with van der Waals surface area (Å²) in [7, 11) is 1.32. The van der Waals surface area contributed by atoms with Crippen LogP contribution >= 0.6 is 34.3 Å². The van der Waals surface area contributed by atoms with E-state index in [9.17, 15) is 9.59 Å². The zero-order valence-corrected chi connectivity index (χ0v) is 16.2. The molecule has 1 amide bonds. The highest BCUT2D eigenvalue weighted by Gasteiger charge is 2.21. The summed E-state index contributed by atoms with van der Waals surface area (Å²) in [5, 5.41) is 6.22. The Hall–Kier alpha value is -2.22. The highest BCUT2D eigenvalue weighted by molar-refractivity contribution is 7.22. The molecule has 3 aromatic rings. The lowest BCUT2D eigenvalue weighted by Gasteiger charge is -2.17. The minimum Gasteiger partial charge on any atom is -0.469 e. The van der Waals surface area contributed by atoms with Crippen LogP contribution in [0.15, 0.2) is 48.0 Å². The number of amides is 1. The molecule has 1 atom stereocenters. The standard InChI is InChI=1S/C18H15ClN2O3S2/c1-24-16(22)9-13(11-4-6-12(19)7-5-11)21-17(23)15-10-20-18(26-15)14-3-2-8-25-14/h2-8,10,13H,9H2,1H3,(H,21,23). The van der Waals surface area contributed by atoms with Gasteiger partial charge < -0.3 is 10.1 Å². The van der Waals surface area contributed by atoms with E-state index in [1.807, 2.05) is 17.5 Å². The van der Waals surface area contributed by atoms with Crippen molar-refractivity contribution < 1.29 is 14.3 Å². The summed E-state index contributed by atoms with van der Waals surface area (Å²) >= 11 is 8.80. The maximum Gasteiger partial charge on any atom is 0.307 e. The number of esters is 1. The lowest BCUT2D eigenvalue weighted by molar-refractivity contribution is -0.141. The second-order valence-electron chi connectivity index (χ2n) is 5.36. The fourth-order valence-electron chi connectivity index (χ4n) is 2.32. The number of thiophene rings is 1. The zero-order chi connectivity index (χ0) is 18.5. The second-order valence-corrected chi connectivity index (χ2v) is 7.78. The van der Waals surface area contributed by atoms with Crippen LogP contribution in [0.1, 0.15) is 27.7 Å². The third-order valence-corrected chi connectivity index (χ3v) is 5.92. The molecular formula is C18H15ClN2O3S2. The van der Waals surface area contributed by atoms with Gasteiger partial charge in [0, 0.05) is 5.02 Å². The van der Waals surface area contributed by atoms with Crippen LogP contribution < -0.4 is 5.32 Å². The molecule has 3 rings (SSSR count). The number of nitrogens with one attached hydrogen (secondary N) is 1. The smallest absolute Gasteiger partial charge is 0.307 e. The number of hydrogen-bond donors (Lipinski definition) is 1. The molecule has 8 heteroatoms. The molecule has 0 saturated carbocycles. The van der Waals surface area contributed by atoms with Crippen molar-refractivity contribution in [2.45, 2.75) is 12.5 Å². The van der Waals surface area contributed by atoms with E-state index < -0.39 is 12.0 Å². The van der Waals surface area contributed by atoms with Gasteiger partial charge in [-0.05, 0) is 29.1 Å². The van der Waals surface area contributed by atoms with Crippen LogP contribution in [-0.4, -0.2) is 24.0 Å². The Balaban J connectivity index is 1.78. The van der Waals surface area contributed by atoms with Gasteiger partial charge in [-0.25, -0.2) is 4.98 Å². The van der Waals surface area contributed by atoms with Crippen molar-refractivity contribution in [3.05, 3.63) is 63.4 Å². The number of rotatable bonds is 6. The van der Waals surface area contributed by atoms with Gasteiger partial charge in [0.1, 0.15) is 9.88 Å². The number of aromatic nitrogens is 1. The van der Waals surface area contributed by atoms with Crippen molar-refractivity contribution in [1.82, 2.24) is 10.3 Å². The summed E-state index contributed by atoms with van der Waals surface area (Å²) < 4.78 is 4.74. The molecule has 134 valence electrons. The molecule has 0 aliphatic carbocycles. The molecule has 0 fully saturated rings. The van der Waals surface area contributed by atoms with Crippen molar-refractivity contribution in [2.75, 3.05) is 7.11 Å². The lowest BCUT2D eigenvalue weighted by Crippen LogP contribution is -2.30. The highest BCUT2D eigenvalue weighted by Crippen LogP contribution is 2.29. The number of halogens is 1. The van der Waals surface area contributed by atoms with Crippen LogP contribution in [-0.2, 0) is 9.53 Å². The van der Waals surface area contributed by atoms with E-state index in [4.69, 9.17) is 16.3 Å². The summed E-state index contributed by atoms with van der Waals surface area (Å²) in [6.07, 6.45) is 1.58. The van der Waals surface area contributed by atoms with Crippen LogP contribution in [0.2, 0.25) is 5.02 Å². The lowest BCUT2D eigenvalue weighted by atomic mass is 10.0. The first-order valence-electron chi connectivity index (χ1n) is 7.69. The van der Waals surface area contributed by atoms with Crippen LogP contribution in [0.4, 0.5) is 0 Å². The van der Waals surface area contributed by atoms with Crippen LogP contribution in [0.3, 0.4) is 0 Å². The molecule has 2 heterocycles. The Kier molecular flexibility index (Phi) is 6.03. The summed E-state index contributed by atoms with van der Waals surface area (Å²) in [5.74, 6) is -0.692. The molecule has 5 nitrogen and oxygen atoms in total. The average Bonchev–Trinajstić information content (AvgIpc) is 3.33. The maximum atomic E-state index is 12.6. The molecule has 26 heavy (non-hydrogen) atoms. The van der Waals surface area contributed by atoms with E-state index in [1.165, 1.54) is 18.4 Å². The zero-order valence-electron chi connectivity index (χ0n) is 13.8. The Labute approximate surface area is 163 Å². The Morgan fingerprint density at radius 2 is 2.04 bits per heavy atom. The van der Waals surface area contributed by atoms with Crippen LogP contribution in [0.5, 0.6) is 0 Å². The van der Waals surface area contributed by atoms with Gasteiger partial charge in [-0.3, -0.25) is 9.59 Å². The van der Waals surface area contributed by atoms with Crippen LogP contribution in [0, 0.1) is 0 Å². The van der Waals surface area contributed by atoms with Gasteiger partial charge >= 0.3 is 5.97 Å². The van der Waals surface area contributed by atoms with E-state index in [0.717, 1.165) is 15.4 Å². The number of carbonyl (C=O) groups is 2. The SMILES string of the molecule is COC(=O)CC(NC(=O)c1cnc(-c2cccs2)s1)c1ccc(Cl)cc1. The number of nitrogens with zero attached hydrogens (tertiary/aromatic N) is 1. The number of methoxy groups -OCH3 is 1. The van der Waals surface area contributed by atoms with Crippen LogP contribution in [0.25, 0.3) is 9.88 Å². The van der Waals surface area contributed by atoms with E-state index in [2.05, 4.69) is 10.3 Å². The van der Waals surface area contributed by atoms with Crippen molar-refractivity contribution in [1.29, 1.82) is 0 Å². The first kappa shape index (κ1) is 18.6. The normalized spacial score (nSPS) is 11.8. The predicted molar refractivity (Wildman–Crippen MR) is 104 cm³/mol. The van der Waals surface area contributed by atoms with E-state index in [1.54, 1.807) is 41.8 Å². The molecule has 1 aromatic carbocycles. The first-order valence-corrected chi connectivity index (χ1v) is 9.77. The average molecular weight is 407 g/mol. The second kappa shape index (κ2) is 8.44. The van der Waals surface area contributed by atoms with E-state index in [0.29, 0.717) is 9.90 Å². The van der Waals surface area contributed by atoms with Crippen molar-refractivity contribution in [3.8, 4) is 9.88 Å². The molecule has 1 N–H and O–H groups in total. The largest absolute Gasteiger partial charge is 0.469 e. The molecule has 0 aliphatic rings. The molecular weight excluding hydrogens is 392 g/mol. The molecule has 0 saturated heterocycles. The molecule has 1 unspecified atom stereocenters. The van der Waals surface area contributed by atoms with Crippen molar-refractivity contribution in [3.63, 3.8) is 0 Å². The third-order valence-electron chi connectivity index (χ3n) is 3.64. The van der Waals surface area contributed by atoms with Crippen molar-refractivity contribution in [2.24, 2.45) is 0 Å². The minimum absolute atomic E-state index is 0.0282. The molecule has 2 aromatic heterocycles. The molecule has 0 bridgehead atoms. The number of thiazole rings is 1. The van der Waals surface area contributed by atoms with Gasteiger partial charge in [0.15, 0.2) is 0 Å². The number of carbonyl (C=O) groups excluding carboxylic acids is 2. The van der Waals surface area contributed by atoms with Crippen molar-refractivity contribution >= 4 is 46.2 Å². The monoisotopic (exact) mass is 406 g/mol. The van der Waals surface area contributed by atoms with Gasteiger partial charge in [-0.1, -0.05) is 29.8 Å². The van der Waals surface area contributed by atoms with E-state index >= 15 is 0 Å². The minimum atomic E-state index is -0.514. The third kappa shape index (κ3) is 4.49. The molecule has 0 spiro atoms. The Bertz CT molecular complexity index is 892. The predicted octanol–water partition coefficient (Wildman–Crippen LogP) is 4.56.